The van der Waals surface area contributed by atoms with E-state index < -0.39 is 0 Å². The third kappa shape index (κ3) is 2.62. The Balaban J connectivity index is 2.46. The molecule has 0 aliphatic heterocycles. The van der Waals surface area contributed by atoms with Crippen LogP contribution in [0.3, 0.4) is 0 Å². The second-order valence-corrected chi connectivity index (χ2v) is 2.75. The van der Waals surface area contributed by atoms with Crippen LogP contribution in [0.5, 0.6) is 0 Å². The van der Waals surface area contributed by atoms with Gasteiger partial charge in [0.15, 0.2) is 0 Å². The largest absolute Gasteiger partial charge is 0.381 e. The number of nitrogens with zero attached hydrogens (tertiary/aromatic N) is 1. The van der Waals surface area contributed by atoms with Crippen molar-refractivity contribution < 1.29 is 4.74 Å². The first-order valence-corrected chi connectivity index (χ1v) is 4.32. The maximum Gasteiger partial charge on any atom is 0.0506 e. The minimum absolute atomic E-state index is 0.791. The minimum atomic E-state index is 0.791. The van der Waals surface area contributed by atoms with E-state index in [0.717, 1.165) is 19.6 Å². The van der Waals surface area contributed by atoms with Crippen LogP contribution in [0.25, 0.3) is 0 Å². The third-order valence-electron chi connectivity index (χ3n) is 1.87. The van der Waals surface area contributed by atoms with Gasteiger partial charge in [0.2, 0.25) is 0 Å². The fraction of sp³-hybridized carbons (Fsp3) is 0.500. The summed E-state index contributed by atoms with van der Waals surface area (Å²) >= 11 is 0. The lowest BCUT2D eigenvalue weighted by Gasteiger charge is -2.03. The van der Waals surface area contributed by atoms with Crippen LogP contribution in [0, 0.1) is 6.92 Å². The van der Waals surface area contributed by atoms with Gasteiger partial charge in [-0.25, -0.2) is 0 Å². The van der Waals surface area contributed by atoms with E-state index in [2.05, 4.69) is 11.9 Å². The maximum atomic E-state index is 5.26. The molecule has 1 heterocycles. The molecule has 0 N–H and O–H groups in total. The SMILES string of the molecule is CCOCCc1cnccc1C. The molecule has 0 aromatic carbocycles. The van der Waals surface area contributed by atoms with Gasteiger partial charge in [0.05, 0.1) is 6.61 Å². The predicted molar refractivity (Wildman–Crippen MR) is 49.2 cm³/mol. The first kappa shape index (κ1) is 9.20. The van der Waals surface area contributed by atoms with Crippen LogP contribution in [-0.2, 0) is 11.2 Å². The van der Waals surface area contributed by atoms with Crippen molar-refractivity contribution in [3.8, 4) is 0 Å². The summed E-state index contributed by atoms with van der Waals surface area (Å²) in [7, 11) is 0. The van der Waals surface area contributed by atoms with Crippen LogP contribution < -0.4 is 0 Å². The number of pyridine rings is 1. The molecule has 66 valence electrons. The molecule has 2 nitrogen and oxygen atoms in total. The van der Waals surface area contributed by atoms with Gasteiger partial charge >= 0.3 is 0 Å². The molecule has 0 radical (unpaired) electrons. The molecule has 0 saturated heterocycles. The van der Waals surface area contributed by atoms with Gasteiger partial charge in [0, 0.05) is 19.0 Å². The quantitative estimate of drug-likeness (QED) is 0.636. The molecule has 0 aliphatic carbocycles. The third-order valence-corrected chi connectivity index (χ3v) is 1.87. The maximum absolute atomic E-state index is 5.26. The average molecular weight is 165 g/mol. The summed E-state index contributed by atoms with van der Waals surface area (Å²) in [6, 6.07) is 2.03. The Morgan fingerprint density at radius 1 is 1.50 bits per heavy atom. The Hall–Kier alpha value is -0.890. The van der Waals surface area contributed by atoms with Gasteiger partial charge in [-0.05, 0) is 37.5 Å². The summed E-state index contributed by atoms with van der Waals surface area (Å²) in [4.78, 5) is 4.07. The Kier molecular flexibility index (Phi) is 3.74. The zero-order chi connectivity index (χ0) is 8.81. The number of aryl methyl sites for hydroxylation is 1. The van der Waals surface area contributed by atoms with Crippen LogP contribution in [0.4, 0.5) is 0 Å². The Bertz CT molecular complexity index is 235. The van der Waals surface area contributed by atoms with E-state index >= 15 is 0 Å². The van der Waals surface area contributed by atoms with E-state index in [1.165, 1.54) is 11.1 Å². The monoisotopic (exact) mass is 165 g/mol. The van der Waals surface area contributed by atoms with Crippen LogP contribution >= 0.6 is 0 Å². The summed E-state index contributed by atoms with van der Waals surface area (Å²) in [5, 5.41) is 0. The van der Waals surface area contributed by atoms with E-state index in [9.17, 15) is 0 Å². The van der Waals surface area contributed by atoms with Gasteiger partial charge in [-0.3, -0.25) is 4.98 Å². The highest BCUT2D eigenvalue weighted by molar-refractivity contribution is 5.21. The van der Waals surface area contributed by atoms with E-state index in [-0.39, 0.29) is 0 Å². The van der Waals surface area contributed by atoms with Crippen molar-refractivity contribution in [3.05, 3.63) is 29.6 Å². The van der Waals surface area contributed by atoms with Crippen LogP contribution in [0.2, 0.25) is 0 Å². The molecule has 0 saturated carbocycles. The van der Waals surface area contributed by atoms with Crippen molar-refractivity contribution in [1.82, 2.24) is 4.98 Å². The van der Waals surface area contributed by atoms with Crippen molar-refractivity contribution in [1.29, 1.82) is 0 Å². The molecule has 0 atom stereocenters. The minimum Gasteiger partial charge on any atom is -0.381 e. The molecule has 0 bridgehead atoms. The summed E-state index contributed by atoms with van der Waals surface area (Å²) < 4.78 is 5.26. The fourth-order valence-electron chi connectivity index (χ4n) is 1.08. The smallest absolute Gasteiger partial charge is 0.0506 e. The Morgan fingerprint density at radius 2 is 2.33 bits per heavy atom. The molecule has 0 aliphatic rings. The number of hydrogen-bond donors (Lipinski definition) is 0. The van der Waals surface area contributed by atoms with Crippen molar-refractivity contribution >= 4 is 0 Å². The number of hydrogen-bond acceptors (Lipinski definition) is 2. The van der Waals surface area contributed by atoms with Crippen LogP contribution in [-0.4, -0.2) is 18.2 Å². The van der Waals surface area contributed by atoms with E-state index in [1.807, 2.05) is 25.4 Å². The zero-order valence-electron chi connectivity index (χ0n) is 7.71. The van der Waals surface area contributed by atoms with Crippen molar-refractivity contribution in [3.63, 3.8) is 0 Å². The highest BCUT2D eigenvalue weighted by Crippen LogP contribution is 2.05. The molecule has 1 aromatic heterocycles. The van der Waals surface area contributed by atoms with Gasteiger partial charge < -0.3 is 4.74 Å². The van der Waals surface area contributed by atoms with Crippen molar-refractivity contribution in [2.75, 3.05) is 13.2 Å². The predicted octanol–water partition coefficient (Wildman–Crippen LogP) is 1.97. The summed E-state index contributed by atoms with van der Waals surface area (Å²) in [5.74, 6) is 0. The molecule has 0 amide bonds. The van der Waals surface area contributed by atoms with Gasteiger partial charge in [-0.1, -0.05) is 0 Å². The summed E-state index contributed by atoms with van der Waals surface area (Å²) in [6.45, 7) is 5.70. The lowest BCUT2D eigenvalue weighted by atomic mass is 10.1. The Labute approximate surface area is 73.6 Å². The fourth-order valence-corrected chi connectivity index (χ4v) is 1.08. The highest BCUT2D eigenvalue weighted by atomic mass is 16.5. The van der Waals surface area contributed by atoms with Gasteiger partial charge in [0.1, 0.15) is 0 Å². The van der Waals surface area contributed by atoms with Crippen LogP contribution in [0.1, 0.15) is 18.1 Å². The molecular weight excluding hydrogens is 150 g/mol. The molecule has 0 unspecified atom stereocenters. The van der Waals surface area contributed by atoms with Crippen molar-refractivity contribution in [2.24, 2.45) is 0 Å². The summed E-state index contributed by atoms with van der Waals surface area (Å²) in [5.41, 5.74) is 2.58. The lowest BCUT2D eigenvalue weighted by Crippen LogP contribution is -1.99. The van der Waals surface area contributed by atoms with Crippen LogP contribution in [0.15, 0.2) is 18.5 Å². The van der Waals surface area contributed by atoms with Gasteiger partial charge in [-0.15, -0.1) is 0 Å². The van der Waals surface area contributed by atoms with E-state index in [4.69, 9.17) is 4.74 Å². The Morgan fingerprint density at radius 3 is 3.00 bits per heavy atom. The van der Waals surface area contributed by atoms with Gasteiger partial charge in [0.25, 0.3) is 0 Å². The standard InChI is InChI=1S/C10H15NO/c1-3-12-7-5-10-8-11-6-4-9(10)2/h4,6,8H,3,5,7H2,1-2H3. The molecule has 0 fully saturated rings. The molecule has 12 heavy (non-hydrogen) atoms. The number of ether oxygens (including phenoxy) is 1. The lowest BCUT2D eigenvalue weighted by molar-refractivity contribution is 0.150. The average Bonchev–Trinajstić information content (AvgIpc) is 2.09. The number of aromatic nitrogens is 1. The first-order chi connectivity index (χ1) is 5.84. The topological polar surface area (TPSA) is 22.1 Å². The van der Waals surface area contributed by atoms with E-state index in [1.54, 1.807) is 0 Å². The molecule has 1 aromatic rings. The van der Waals surface area contributed by atoms with E-state index in [0.29, 0.717) is 0 Å². The second-order valence-electron chi connectivity index (χ2n) is 2.75. The number of rotatable bonds is 4. The van der Waals surface area contributed by atoms with Crippen molar-refractivity contribution in [2.45, 2.75) is 20.3 Å². The zero-order valence-corrected chi connectivity index (χ0v) is 7.71. The molecular formula is C10H15NO. The molecule has 0 spiro atoms. The van der Waals surface area contributed by atoms with Gasteiger partial charge in [-0.2, -0.15) is 0 Å². The normalized spacial score (nSPS) is 10.2. The second kappa shape index (κ2) is 4.88. The molecule has 1 rings (SSSR count). The molecule has 2 heteroatoms. The first-order valence-electron chi connectivity index (χ1n) is 4.32. The summed E-state index contributed by atoms with van der Waals surface area (Å²) in [6.07, 6.45) is 4.70. The highest BCUT2D eigenvalue weighted by Gasteiger charge is 1.96.